The van der Waals surface area contributed by atoms with Gasteiger partial charge in [-0.25, -0.2) is 0 Å². The number of rotatable bonds is 1. The Bertz CT molecular complexity index is 244. The van der Waals surface area contributed by atoms with E-state index in [9.17, 15) is 0 Å². The van der Waals surface area contributed by atoms with Gasteiger partial charge in [0.2, 0.25) is 5.05 Å². The zero-order valence-electron chi connectivity index (χ0n) is 5.26. The van der Waals surface area contributed by atoms with Crippen molar-refractivity contribution in [3.63, 3.8) is 0 Å². The molecule has 0 fully saturated rings. The second-order valence-electron chi connectivity index (χ2n) is 1.60. The highest BCUT2D eigenvalue weighted by Crippen LogP contribution is 2.22. The van der Waals surface area contributed by atoms with Crippen LogP contribution in [0.5, 0.6) is 0 Å². The zero-order valence-corrected chi connectivity index (χ0v) is 8.48. The minimum atomic E-state index is 0.552. The molecule has 0 saturated heterocycles. The molecule has 0 unspecified atom stereocenters. The van der Waals surface area contributed by atoms with E-state index in [2.05, 4.69) is 15.9 Å². The van der Waals surface area contributed by atoms with E-state index < -0.39 is 0 Å². The molecule has 0 radical (unpaired) electrons. The number of hydrogen-bond acceptors (Lipinski definition) is 3. The van der Waals surface area contributed by atoms with E-state index in [1.54, 1.807) is 18.4 Å². The standard InChI is InChI=1S/C6H5BrOS2/c1-8-6(9)4-2-3-5(7)10-4/h2-3H,1H3. The van der Waals surface area contributed by atoms with Gasteiger partial charge in [0, 0.05) is 0 Å². The highest BCUT2D eigenvalue weighted by molar-refractivity contribution is 9.11. The van der Waals surface area contributed by atoms with Crippen LogP contribution in [0.1, 0.15) is 4.88 Å². The monoisotopic (exact) mass is 236 g/mol. The first-order valence-corrected chi connectivity index (χ1v) is 4.59. The Labute approximate surface area is 77.1 Å². The minimum Gasteiger partial charge on any atom is -0.486 e. The van der Waals surface area contributed by atoms with Crippen molar-refractivity contribution in [2.45, 2.75) is 0 Å². The summed E-state index contributed by atoms with van der Waals surface area (Å²) in [5, 5.41) is 0.552. The van der Waals surface area contributed by atoms with Gasteiger partial charge in [-0.15, -0.1) is 11.3 Å². The molecule has 0 bridgehead atoms. The lowest BCUT2D eigenvalue weighted by Crippen LogP contribution is -1.94. The molecule has 1 aromatic heterocycles. The number of halogens is 1. The number of ether oxygens (including phenoxy) is 1. The summed E-state index contributed by atoms with van der Waals surface area (Å²) in [5.74, 6) is 0. The van der Waals surface area contributed by atoms with Gasteiger partial charge in [-0.2, -0.15) is 0 Å². The van der Waals surface area contributed by atoms with E-state index in [-0.39, 0.29) is 0 Å². The SMILES string of the molecule is COC(=S)c1ccc(Br)s1. The molecule has 1 aromatic rings. The average Bonchev–Trinajstić information content (AvgIpc) is 2.34. The fraction of sp³-hybridized carbons (Fsp3) is 0.167. The largest absolute Gasteiger partial charge is 0.486 e. The fourth-order valence-corrected chi connectivity index (χ4v) is 2.02. The van der Waals surface area contributed by atoms with Crippen molar-refractivity contribution in [2.24, 2.45) is 0 Å². The summed E-state index contributed by atoms with van der Waals surface area (Å²) in [4.78, 5) is 0.990. The van der Waals surface area contributed by atoms with Gasteiger partial charge in [0.25, 0.3) is 0 Å². The van der Waals surface area contributed by atoms with Gasteiger partial charge in [0.05, 0.1) is 15.8 Å². The van der Waals surface area contributed by atoms with Gasteiger partial charge in [-0.3, -0.25) is 0 Å². The van der Waals surface area contributed by atoms with Gasteiger partial charge in [0.1, 0.15) is 0 Å². The summed E-state index contributed by atoms with van der Waals surface area (Å²) in [7, 11) is 1.58. The summed E-state index contributed by atoms with van der Waals surface area (Å²) in [6.07, 6.45) is 0. The maximum Gasteiger partial charge on any atom is 0.201 e. The molecule has 10 heavy (non-hydrogen) atoms. The molecule has 0 aliphatic heterocycles. The van der Waals surface area contributed by atoms with Gasteiger partial charge in [0.15, 0.2) is 0 Å². The molecule has 1 nitrogen and oxygen atoms in total. The third kappa shape index (κ3) is 1.78. The maximum absolute atomic E-state index is 4.90. The number of thiocarbonyl (C=S) groups is 1. The van der Waals surface area contributed by atoms with E-state index >= 15 is 0 Å². The average molecular weight is 237 g/mol. The van der Waals surface area contributed by atoms with Crippen molar-refractivity contribution in [3.05, 3.63) is 20.8 Å². The first kappa shape index (κ1) is 8.17. The molecule has 0 aliphatic rings. The van der Waals surface area contributed by atoms with E-state index in [1.807, 2.05) is 12.1 Å². The highest BCUT2D eigenvalue weighted by Gasteiger charge is 2.02. The summed E-state index contributed by atoms with van der Waals surface area (Å²) < 4.78 is 5.94. The van der Waals surface area contributed by atoms with Crippen LogP contribution < -0.4 is 0 Å². The third-order valence-corrected chi connectivity index (χ3v) is 3.10. The number of thiophene rings is 1. The molecule has 0 amide bonds. The number of hydrogen-bond donors (Lipinski definition) is 0. The van der Waals surface area contributed by atoms with E-state index in [4.69, 9.17) is 17.0 Å². The third-order valence-electron chi connectivity index (χ3n) is 0.960. The van der Waals surface area contributed by atoms with Crippen LogP contribution in [0, 0.1) is 0 Å². The fourth-order valence-electron chi connectivity index (χ4n) is 0.525. The molecule has 4 heteroatoms. The lowest BCUT2D eigenvalue weighted by atomic mass is 10.5. The Balaban J connectivity index is 2.85. The van der Waals surface area contributed by atoms with Crippen LogP contribution >= 0.6 is 39.5 Å². The molecule has 0 N–H and O–H groups in total. The van der Waals surface area contributed by atoms with Crippen molar-refractivity contribution < 1.29 is 4.74 Å². The second-order valence-corrected chi connectivity index (χ2v) is 4.43. The van der Waals surface area contributed by atoms with Crippen LogP contribution in [0.4, 0.5) is 0 Å². The second kappa shape index (κ2) is 3.46. The Morgan fingerprint density at radius 3 is 2.80 bits per heavy atom. The predicted octanol–water partition coefficient (Wildman–Crippen LogP) is 2.83. The van der Waals surface area contributed by atoms with Crippen LogP contribution in [-0.4, -0.2) is 12.2 Å². The first-order chi connectivity index (χ1) is 4.74. The van der Waals surface area contributed by atoms with Gasteiger partial charge < -0.3 is 4.74 Å². The smallest absolute Gasteiger partial charge is 0.201 e. The van der Waals surface area contributed by atoms with E-state index in [0.717, 1.165) is 8.66 Å². The Morgan fingerprint density at radius 2 is 2.40 bits per heavy atom. The normalized spacial score (nSPS) is 9.40. The molecule has 0 aromatic carbocycles. The van der Waals surface area contributed by atoms with Gasteiger partial charge in [-0.05, 0) is 40.3 Å². The van der Waals surface area contributed by atoms with Crippen LogP contribution in [0.15, 0.2) is 15.9 Å². The topological polar surface area (TPSA) is 9.23 Å². The van der Waals surface area contributed by atoms with Crippen LogP contribution in [0.25, 0.3) is 0 Å². The van der Waals surface area contributed by atoms with Crippen molar-refractivity contribution in [3.8, 4) is 0 Å². The lowest BCUT2D eigenvalue weighted by Gasteiger charge is -1.94. The molecule has 0 aliphatic carbocycles. The number of methoxy groups -OCH3 is 1. The molecule has 0 saturated carbocycles. The quantitative estimate of drug-likeness (QED) is 0.694. The zero-order chi connectivity index (χ0) is 7.56. The first-order valence-electron chi connectivity index (χ1n) is 2.57. The molecular weight excluding hydrogens is 232 g/mol. The summed E-state index contributed by atoms with van der Waals surface area (Å²) in [5.41, 5.74) is 0. The van der Waals surface area contributed by atoms with Crippen molar-refractivity contribution in [1.29, 1.82) is 0 Å². The van der Waals surface area contributed by atoms with Crippen molar-refractivity contribution in [1.82, 2.24) is 0 Å². The molecular formula is C6H5BrOS2. The van der Waals surface area contributed by atoms with Crippen LogP contribution in [-0.2, 0) is 4.74 Å². The van der Waals surface area contributed by atoms with E-state index in [1.165, 1.54) is 0 Å². The maximum atomic E-state index is 4.90. The Morgan fingerprint density at radius 1 is 1.70 bits per heavy atom. The van der Waals surface area contributed by atoms with Gasteiger partial charge >= 0.3 is 0 Å². The van der Waals surface area contributed by atoms with Crippen molar-refractivity contribution >= 4 is 44.5 Å². The Kier molecular flexibility index (Phi) is 2.82. The van der Waals surface area contributed by atoms with E-state index in [0.29, 0.717) is 5.05 Å². The van der Waals surface area contributed by atoms with Crippen LogP contribution in [0.3, 0.4) is 0 Å². The molecule has 1 heterocycles. The summed E-state index contributed by atoms with van der Waals surface area (Å²) in [6, 6.07) is 3.88. The van der Waals surface area contributed by atoms with Crippen LogP contribution in [0.2, 0.25) is 0 Å². The molecule has 54 valence electrons. The van der Waals surface area contributed by atoms with Gasteiger partial charge in [-0.1, -0.05) is 0 Å². The van der Waals surface area contributed by atoms with Crippen molar-refractivity contribution in [2.75, 3.05) is 7.11 Å². The minimum absolute atomic E-state index is 0.552. The predicted molar refractivity (Wildman–Crippen MR) is 50.7 cm³/mol. The molecule has 0 atom stereocenters. The Hall–Kier alpha value is 0.0700. The summed E-state index contributed by atoms with van der Waals surface area (Å²) in [6.45, 7) is 0. The molecule has 1 rings (SSSR count). The lowest BCUT2D eigenvalue weighted by molar-refractivity contribution is 0.417. The molecule has 0 spiro atoms. The summed E-state index contributed by atoms with van der Waals surface area (Å²) >= 11 is 9.81. The highest BCUT2D eigenvalue weighted by atomic mass is 79.9.